The molecule has 2 nitrogen and oxygen atoms in total. The van der Waals surface area contributed by atoms with Crippen LogP contribution in [-0.4, -0.2) is 11.0 Å². The Morgan fingerprint density at radius 3 is 2.35 bits per heavy atom. The first-order valence-corrected chi connectivity index (χ1v) is 8.80. The van der Waals surface area contributed by atoms with Crippen LogP contribution in [0.5, 0.6) is 0 Å². The van der Waals surface area contributed by atoms with E-state index < -0.39 is 0 Å². The number of anilines is 1. The molecule has 0 amide bonds. The lowest BCUT2D eigenvalue weighted by Crippen LogP contribution is -2.52. The molecule has 1 aromatic heterocycles. The van der Waals surface area contributed by atoms with Crippen molar-refractivity contribution in [2.45, 2.75) is 51.5 Å². The molecule has 0 saturated heterocycles. The number of halogens is 1. The first kappa shape index (κ1) is 13.1. The number of pyridine rings is 1. The SMILES string of the molecule is CC(Nc1ccncc1Br)C12CC3CC(CC(C3)C1)C2. The number of rotatable bonds is 3. The van der Waals surface area contributed by atoms with Crippen molar-refractivity contribution < 1.29 is 0 Å². The summed E-state index contributed by atoms with van der Waals surface area (Å²) >= 11 is 3.61. The predicted octanol–water partition coefficient (Wildman–Crippen LogP) is 4.86. The Hall–Kier alpha value is -0.570. The lowest BCUT2D eigenvalue weighted by Gasteiger charge is -2.59. The van der Waals surface area contributed by atoms with Gasteiger partial charge in [-0.05, 0) is 90.6 Å². The molecule has 1 N–H and O–H groups in total. The van der Waals surface area contributed by atoms with Crippen molar-refractivity contribution in [1.29, 1.82) is 0 Å². The molecule has 1 aromatic rings. The first-order chi connectivity index (χ1) is 9.64. The van der Waals surface area contributed by atoms with Gasteiger partial charge in [-0.15, -0.1) is 0 Å². The van der Waals surface area contributed by atoms with E-state index in [2.05, 4.69) is 39.2 Å². The minimum absolute atomic E-state index is 0.553. The number of nitrogens with one attached hydrogen (secondary N) is 1. The van der Waals surface area contributed by atoms with Crippen LogP contribution in [0.2, 0.25) is 0 Å². The van der Waals surface area contributed by atoms with E-state index in [9.17, 15) is 0 Å². The van der Waals surface area contributed by atoms with Crippen molar-refractivity contribution in [3.8, 4) is 0 Å². The topological polar surface area (TPSA) is 24.9 Å². The molecule has 4 fully saturated rings. The molecule has 3 heteroatoms. The molecular weight excluding hydrogens is 312 g/mol. The van der Waals surface area contributed by atoms with E-state index in [-0.39, 0.29) is 0 Å². The molecule has 4 aliphatic rings. The molecule has 4 saturated carbocycles. The second-order valence-corrected chi connectivity index (χ2v) is 8.36. The van der Waals surface area contributed by atoms with Gasteiger partial charge in [0, 0.05) is 18.4 Å². The van der Waals surface area contributed by atoms with Gasteiger partial charge in [0.2, 0.25) is 0 Å². The zero-order valence-electron chi connectivity index (χ0n) is 12.1. The minimum atomic E-state index is 0.553. The molecule has 1 atom stereocenters. The molecule has 4 bridgehead atoms. The summed E-state index contributed by atoms with van der Waals surface area (Å²) in [6.07, 6.45) is 12.7. The third-order valence-electron chi connectivity index (χ3n) is 6.15. The maximum absolute atomic E-state index is 4.16. The summed E-state index contributed by atoms with van der Waals surface area (Å²) in [5.41, 5.74) is 1.75. The highest BCUT2D eigenvalue weighted by molar-refractivity contribution is 9.10. The Morgan fingerprint density at radius 2 is 1.80 bits per heavy atom. The third kappa shape index (κ3) is 2.09. The number of aromatic nitrogens is 1. The summed E-state index contributed by atoms with van der Waals surface area (Å²) in [6.45, 7) is 2.40. The number of hydrogen-bond donors (Lipinski definition) is 1. The van der Waals surface area contributed by atoms with Crippen molar-refractivity contribution >= 4 is 21.6 Å². The van der Waals surface area contributed by atoms with Gasteiger partial charge in [0.05, 0.1) is 10.2 Å². The van der Waals surface area contributed by atoms with Gasteiger partial charge < -0.3 is 5.32 Å². The average molecular weight is 335 g/mol. The van der Waals surface area contributed by atoms with Crippen LogP contribution in [-0.2, 0) is 0 Å². The highest BCUT2D eigenvalue weighted by Crippen LogP contribution is 2.61. The van der Waals surface area contributed by atoms with Crippen LogP contribution in [0, 0.1) is 23.2 Å². The van der Waals surface area contributed by atoms with Crippen LogP contribution in [0.1, 0.15) is 45.4 Å². The van der Waals surface area contributed by atoms with Gasteiger partial charge >= 0.3 is 0 Å². The van der Waals surface area contributed by atoms with Crippen LogP contribution in [0.3, 0.4) is 0 Å². The highest BCUT2D eigenvalue weighted by atomic mass is 79.9. The van der Waals surface area contributed by atoms with E-state index in [1.807, 2.05) is 12.4 Å². The minimum Gasteiger partial charge on any atom is -0.381 e. The van der Waals surface area contributed by atoms with Gasteiger partial charge in [0.15, 0.2) is 0 Å². The Balaban J connectivity index is 1.56. The van der Waals surface area contributed by atoms with Crippen molar-refractivity contribution in [3.63, 3.8) is 0 Å². The van der Waals surface area contributed by atoms with Gasteiger partial charge in [0.25, 0.3) is 0 Å². The fourth-order valence-corrected chi connectivity index (χ4v) is 5.95. The number of hydrogen-bond acceptors (Lipinski definition) is 2. The van der Waals surface area contributed by atoms with Gasteiger partial charge in [-0.25, -0.2) is 0 Å². The molecule has 0 aromatic carbocycles. The second kappa shape index (κ2) is 4.72. The summed E-state index contributed by atoms with van der Waals surface area (Å²) in [6, 6.07) is 2.65. The monoisotopic (exact) mass is 334 g/mol. The van der Waals surface area contributed by atoms with E-state index in [0.717, 1.165) is 22.2 Å². The zero-order chi connectivity index (χ0) is 13.7. The van der Waals surface area contributed by atoms with Crippen LogP contribution < -0.4 is 5.32 Å². The van der Waals surface area contributed by atoms with Crippen LogP contribution in [0.15, 0.2) is 22.9 Å². The Bertz CT molecular complexity index is 478. The van der Waals surface area contributed by atoms with Gasteiger partial charge in [-0.3, -0.25) is 4.98 Å². The lowest BCUT2D eigenvalue weighted by molar-refractivity contribution is -0.0602. The summed E-state index contributed by atoms with van der Waals surface area (Å²) in [7, 11) is 0. The fourth-order valence-electron chi connectivity index (χ4n) is 5.59. The molecule has 0 aliphatic heterocycles. The zero-order valence-corrected chi connectivity index (χ0v) is 13.7. The molecule has 1 heterocycles. The fraction of sp³-hybridized carbons (Fsp3) is 0.706. The maximum atomic E-state index is 4.16. The van der Waals surface area contributed by atoms with E-state index >= 15 is 0 Å². The average Bonchev–Trinajstić information content (AvgIpc) is 2.40. The highest BCUT2D eigenvalue weighted by Gasteiger charge is 2.53. The van der Waals surface area contributed by atoms with Crippen LogP contribution in [0.25, 0.3) is 0 Å². The maximum Gasteiger partial charge on any atom is 0.0590 e. The van der Waals surface area contributed by atoms with E-state index in [0.29, 0.717) is 11.5 Å². The molecule has 4 aliphatic carbocycles. The van der Waals surface area contributed by atoms with E-state index in [1.165, 1.54) is 44.2 Å². The van der Waals surface area contributed by atoms with Crippen molar-refractivity contribution in [2.75, 3.05) is 5.32 Å². The molecule has 5 rings (SSSR count). The van der Waals surface area contributed by atoms with Gasteiger partial charge in [0.1, 0.15) is 0 Å². The Morgan fingerprint density at radius 1 is 1.20 bits per heavy atom. The first-order valence-electron chi connectivity index (χ1n) is 8.01. The Labute approximate surface area is 129 Å². The largest absolute Gasteiger partial charge is 0.381 e. The standard InChI is InChI=1S/C17H23BrN2/c1-11(20-16-2-3-19-10-15(16)18)17-7-12-4-13(8-17)6-14(5-12)9-17/h2-3,10-14H,4-9H2,1H3,(H,19,20). The summed E-state index contributed by atoms with van der Waals surface area (Å²) in [5, 5.41) is 3.78. The molecule has 1 unspecified atom stereocenters. The van der Waals surface area contributed by atoms with Crippen LogP contribution >= 0.6 is 15.9 Å². The molecule has 0 radical (unpaired) electrons. The second-order valence-electron chi connectivity index (χ2n) is 7.50. The molecule has 20 heavy (non-hydrogen) atoms. The van der Waals surface area contributed by atoms with E-state index in [1.54, 1.807) is 0 Å². The van der Waals surface area contributed by atoms with Gasteiger partial charge in [-0.1, -0.05) is 0 Å². The Kier molecular flexibility index (Phi) is 3.10. The summed E-state index contributed by atoms with van der Waals surface area (Å²) in [4.78, 5) is 4.16. The normalized spacial score (nSPS) is 39.8. The smallest absolute Gasteiger partial charge is 0.0590 e. The van der Waals surface area contributed by atoms with Crippen molar-refractivity contribution in [2.24, 2.45) is 23.2 Å². The van der Waals surface area contributed by atoms with E-state index in [4.69, 9.17) is 0 Å². The van der Waals surface area contributed by atoms with Gasteiger partial charge in [-0.2, -0.15) is 0 Å². The van der Waals surface area contributed by atoms with Crippen molar-refractivity contribution in [3.05, 3.63) is 22.9 Å². The van der Waals surface area contributed by atoms with Crippen LogP contribution in [0.4, 0.5) is 5.69 Å². The quantitative estimate of drug-likeness (QED) is 0.853. The molecule has 0 spiro atoms. The third-order valence-corrected chi connectivity index (χ3v) is 6.78. The summed E-state index contributed by atoms with van der Waals surface area (Å²) in [5.74, 6) is 3.06. The summed E-state index contributed by atoms with van der Waals surface area (Å²) < 4.78 is 1.08. The molecular formula is C17H23BrN2. The number of nitrogens with zero attached hydrogens (tertiary/aromatic N) is 1. The lowest BCUT2D eigenvalue weighted by atomic mass is 9.48. The van der Waals surface area contributed by atoms with Crippen molar-refractivity contribution in [1.82, 2.24) is 4.98 Å². The molecule has 108 valence electrons. The predicted molar refractivity (Wildman–Crippen MR) is 85.6 cm³/mol.